The van der Waals surface area contributed by atoms with Crippen LogP contribution in [0.3, 0.4) is 0 Å². The van der Waals surface area contributed by atoms with Crippen molar-refractivity contribution in [2.45, 2.75) is 20.3 Å². The molecule has 17 heavy (non-hydrogen) atoms. The average molecular weight is 270 g/mol. The molecule has 0 aliphatic carbocycles. The first kappa shape index (κ1) is 12.5. The van der Waals surface area contributed by atoms with E-state index in [0.29, 0.717) is 28.1 Å². The Morgan fingerprint density at radius 1 is 1.29 bits per heavy atom. The Morgan fingerprint density at radius 3 is 2.53 bits per heavy atom. The lowest BCUT2D eigenvalue weighted by Crippen LogP contribution is -2.03. The van der Waals surface area contributed by atoms with E-state index in [4.69, 9.17) is 23.2 Å². The fourth-order valence-corrected chi connectivity index (χ4v) is 2.21. The number of hydrogen-bond acceptors (Lipinski definition) is 1. The van der Waals surface area contributed by atoms with Crippen molar-refractivity contribution in [1.29, 1.82) is 0 Å². The maximum Gasteiger partial charge on any atom is 0.179 e. The summed E-state index contributed by atoms with van der Waals surface area (Å²) in [6, 6.07) is 5.23. The molecule has 0 aliphatic heterocycles. The van der Waals surface area contributed by atoms with Gasteiger partial charge in [0.25, 0.3) is 0 Å². The monoisotopic (exact) mass is 269 g/mol. The summed E-state index contributed by atoms with van der Waals surface area (Å²) in [6.07, 6.45) is 0.516. The smallest absolute Gasteiger partial charge is 0.179 e. The highest BCUT2D eigenvalue weighted by atomic mass is 35.5. The highest BCUT2D eigenvalue weighted by molar-refractivity contribution is 6.40. The van der Waals surface area contributed by atoms with Crippen molar-refractivity contribution in [1.82, 2.24) is 4.98 Å². The lowest BCUT2D eigenvalue weighted by Gasteiger charge is -2.00. The maximum atomic E-state index is 11.9. The Bertz CT molecular complexity index is 533. The van der Waals surface area contributed by atoms with Crippen LogP contribution in [0.4, 0.5) is 0 Å². The molecular weight excluding hydrogens is 257 g/mol. The summed E-state index contributed by atoms with van der Waals surface area (Å²) >= 11 is 12.1. The second kappa shape index (κ2) is 4.71. The van der Waals surface area contributed by atoms with Crippen LogP contribution in [0, 0.1) is 5.92 Å². The Hall–Kier alpha value is -0.990. The molecule has 0 amide bonds. The SMILES string of the molecule is CC(C)CC(=O)c1cc2c(Cl)ccc(Cl)c2[nH]1. The molecule has 2 rings (SSSR count). The van der Waals surface area contributed by atoms with Crippen molar-refractivity contribution >= 4 is 39.9 Å². The highest BCUT2D eigenvalue weighted by Gasteiger charge is 2.14. The second-order valence-corrected chi connectivity index (χ2v) is 5.34. The number of ketones is 1. The summed E-state index contributed by atoms with van der Waals surface area (Å²) in [5.41, 5.74) is 1.30. The minimum Gasteiger partial charge on any atom is -0.351 e. The Morgan fingerprint density at radius 2 is 1.94 bits per heavy atom. The van der Waals surface area contributed by atoms with Crippen molar-refractivity contribution in [3.63, 3.8) is 0 Å². The molecule has 0 spiro atoms. The number of Topliss-reactive ketones (excluding diaryl/α,β-unsaturated/α-hetero) is 1. The normalized spacial score (nSPS) is 11.4. The number of H-pyrrole nitrogens is 1. The third-order valence-electron chi connectivity index (χ3n) is 2.58. The quantitative estimate of drug-likeness (QED) is 0.805. The third kappa shape index (κ3) is 2.48. The number of aromatic nitrogens is 1. The molecule has 4 heteroatoms. The van der Waals surface area contributed by atoms with Gasteiger partial charge in [-0.05, 0) is 24.1 Å². The van der Waals surface area contributed by atoms with Gasteiger partial charge in [0, 0.05) is 11.8 Å². The summed E-state index contributed by atoms with van der Waals surface area (Å²) < 4.78 is 0. The average Bonchev–Trinajstić information content (AvgIpc) is 2.68. The largest absolute Gasteiger partial charge is 0.351 e. The summed E-state index contributed by atoms with van der Waals surface area (Å²) in [7, 11) is 0. The predicted molar refractivity (Wildman–Crippen MR) is 72.1 cm³/mol. The van der Waals surface area contributed by atoms with Gasteiger partial charge in [0.1, 0.15) is 0 Å². The van der Waals surface area contributed by atoms with Crippen LogP contribution in [0.5, 0.6) is 0 Å². The van der Waals surface area contributed by atoms with Crippen molar-refractivity contribution in [3.8, 4) is 0 Å². The van der Waals surface area contributed by atoms with Gasteiger partial charge in [-0.15, -0.1) is 0 Å². The Balaban J connectivity index is 2.48. The van der Waals surface area contributed by atoms with Crippen LogP contribution >= 0.6 is 23.2 Å². The van der Waals surface area contributed by atoms with Crippen LogP contribution < -0.4 is 0 Å². The van der Waals surface area contributed by atoms with E-state index >= 15 is 0 Å². The molecule has 0 unspecified atom stereocenters. The first-order valence-corrected chi connectivity index (χ1v) is 6.24. The van der Waals surface area contributed by atoms with E-state index < -0.39 is 0 Å². The van der Waals surface area contributed by atoms with Gasteiger partial charge in [-0.2, -0.15) is 0 Å². The van der Waals surface area contributed by atoms with Crippen LogP contribution in [-0.2, 0) is 0 Å². The number of rotatable bonds is 3. The highest BCUT2D eigenvalue weighted by Crippen LogP contribution is 2.30. The predicted octanol–water partition coefficient (Wildman–Crippen LogP) is 4.70. The van der Waals surface area contributed by atoms with Crippen molar-refractivity contribution < 1.29 is 4.79 Å². The molecule has 0 bridgehead atoms. The number of carbonyl (C=O) groups excluding carboxylic acids is 1. The van der Waals surface area contributed by atoms with Crippen molar-refractivity contribution in [3.05, 3.63) is 33.9 Å². The summed E-state index contributed by atoms with van der Waals surface area (Å²) in [6.45, 7) is 4.03. The first-order valence-electron chi connectivity index (χ1n) is 5.49. The van der Waals surface area contributed by atoms with Gasteiger partial charge in [-0.25, -0.2) is 0 Å². The molecule has 0 aliphatic rings. The number of aromatic amines is 1. The van der Waals surface area contributed by atoms with Gasteiger partial charge in [-0.1, -0.05) is 37.0 Å². The van der Waals surface area contributed by atoms with Crippen molar-refractivity contribution in [2.24, 2.45) is 5.92 Å². The van der Waals surface area contributed by atoms with Gasteiger partial charge in [0.2, 0.25) is 0 Å². The van der Waals surface area contributed by atoms with Gasteiger partial charge in [-0.3, -0.25) is 4.79 Å². The minimum atomic E-state index is 0.0864. The molecule has 0 atom stereocenters. The molecule has 0 fully saturated rings. The molecule has 1 heterocycles. The van der Waals surface area contributed by atoms with Gasteiger partial charge >= 0.3 is 0 Å². The molecule has 0 saturated heterocycles. The summed E-state index contributed by atoms with van der Waals surface area (Å²) in [5, 5.41) is 1.98. The van der Waals surface area contributed by atoms with Gasteiger partial charge in [0.05, 0.1) is 21.3 Å². The number of hydrogen-bond donors (Lipinski definition) is 1. The fourth-order valence-electron chi connectivity index (χ4n) is 1.78. The minimum absolute atomic E-state index is 0.0864. The molecule has 2 nitrogen and oxygen atoms in total. The zero-order valence-corrected chi connectivity index (χ0v) is 11.2. The van der Waals surface area contributed by atoms with Crippen LogP contribution in [-0.4, -0.2) is 10.8 Å². The Kier molecular flexibility index (Phi) is 3.45. The zero-order valence-electron chi connectivity index (χ0n) is 9.68. The standard InChI is InChI=1S/C13H13Cl2NO/c1-7(2)5-12(17)11-6-8-9(14)3-4-10(15)13(8)16-11/h3-4,6-7,16H,5H2,1-2H3. The molecule has 0 saturated carbocycles. The molecule has 1 N–H and O–H groups in total. The number of halogens is 2. The molecule has 0 radical (unpaired) electrons. The van der Waals surface area contributed by atoms with E-state index in [-0.39, 0.29) is 5.78 Å². The fraction of sp³-hybridized carbons (Fsp3) is 0.308. The topological polar surface area (TPSA) is 32.9 Å². The lowest BCUT2D eigenvalue weighted by molar-refractivity contribution is 0.0964. The van der Waals surface area contributed by atoms with E-state index in [1.165, 1.54) is 0 Å². The zero-order chi connectivity index (χ0) is 12.6. The molecule has 90 valence electrons. The second-order valence-electron chi connectivity index (χ2n) is 4.52. The molecule has 1 aromatic heterocycles. The number of carbonyl (C=O) groups is 1. The number of fused-ring (bicyclic) bond motifs is 1. The van der Waals surface area contributed by atoms with E-state index in [1.807, 2.05) is 13.8 Å². The maximum absolute atomic E-state index is 11.9. The summed E-state index contributed by atoms with van der Waals surface area (Å²) in [4.78, 5) is 15.0. The van der Waals surface area contributed by atoms with Crippen molar-refractivity contribution in [2.75, 3.05) is 0 Å². The van der Waals surface area contributed by atoms with Crippen LogP contribution in [0.25, 0.3) is 10.9 Å². The number of benzene rings is 1. The lowest BCUT2D eigenvalue weighted by atomic mass is 10.1. The van der Waals surface area contributed by atoms with Gasteiger partial charge in [0.15, 0.2) is 5.78 Å². The number of nitrogens with one attached hydrogen (secondary N) is 1. The summed E-state index contributed by atoms with van der Waals surface area (Å²) in [5.74, 6) is 0.420. The van der Waals surface area contributed by atoms with Gasteiger partial charge < -0.3 is 4.98 Å². The van der Waals surface area contributed by atoms with Crippen LogP contribution in [0.1, 0.15) is 30.8 Å². The van der Waals surface area contributed by atoms with E-state index in [1.54, 1.807) is 18.2 Å². The van der Waals surface area contributed by atoms with Crippen LogP contribution in [0.2, 0.25) is 10.0 Å². The molecular formula is C13H13Cl2NO. The van der Waals surface area contributed by atoms with E-state index in [0.717, 1.165) is 10.9 Å². The molecule has 1 aromatic carbocycles. The molecule has 2 aromatic rings. The van der Waals surface area contributed by atoms with E-state index in [9.17, 15) is 4.79 Å². The Labute approximate surface area is 110 Å². The third-order valence-corrected chi connectivity index (χ3v) is 3.23. The van der Waals surface area contributed by atoms with E-state index in [2.05, 4.69) is 4.98 Å². The van der Waals surface area contributed by atoms with Crippen LogP contribution in [0.15, 0.2) is 18.2 Å². The first-order chi connectivity index (χ1) is 7.99.